The van der Waals surface area contributed by atoms with Crippen LogP contribution in [-0.4, -0.2) is 84.6 Å². The van der Waals surface area contributed by atoms with Crippen LogP contribution in [0, 0.1) is 0 Å². The first kappa shape index (κ1) is 39.8. The molecule has 2 amide bonds. The number of carbonyl (C=O) groups is 3. The lowest BCUT2D eigenvalue weighted by Crippen LogP contribution is -2.42. The highest BCUT2D eigenvalue weighted by Crippen LogP contribution is 2.40. The molecular weight excluding hydrogens is 727 g/mol. The number of aromatic amines is 1. The summed E-state index contributed by atoms with van der Waals surface area (Å²) in [4.78, 5) is 51.4. The molecule has 6 aromatic rings. The minimum Gasteiger partial charge on any atom is -0.445 e. The molecule has 0 radical (unpaired) electrons. The number of para-hydroxylation sites is 2. The molecule has 58 heavy (non-hydrogen) atoms. The topological polar surface area (TPSA) is 132 Å². The number of nitrogens with one attached hydrogen (secondary N) is 4. The molecule has 0 saturated carbocycles. The van der Waals surface area contributed by atoms with Crippen LogP contribution in [0.25, 0.3) is 22.3 Å². The van der Waals surface area contributed by atoms with Crippen molar-refractivity contribution in [2.45, 2.75) is 25.5 Å². The summed E-state index contributed by atoms with van der Waals surface area (Å²) in [6, 6.07) is 42.9. The zero-order chi connectivity index (χ0) is 39.9. The number of hydrogen-bond acceptors (Lipinski definition) is 8. The van der Waals surface area contributed by atoms with E-state index in [1.54, 1.807) is 41.6 Å². The summed E-state index contributed by atoms with van der Waals surface area (Å²) in [5, 5.41) is 9.38. The lowest BCUT2D eigenvalue weighted by Gasteiger charge is -2.34. The van der Waals surface area contributed by atoms with Crippen LogP contribution in [0.3, 0.4) is 0 Å². The van der Waals surface area contributed by atoms with Crippen molar-refractivity contribution in [2.24, 2.45) is 0 Å². The van der Waals surface area contributed by atoms with Gasteiger partial charge in [-0.3, -0.25) is 9.59 Å². The normalized spacial score (nSPS) is 13.2. The van der Waals surface area contributed by atoms with Gasteiger partial charge in [-0.2, -0.15) is 0 Å². The van der Waals surface area contributed by atoms with Crippen LogP contribution >= 0.6 is 0 Å². The van der Waals surface area contributed by atoms with Gasteiger partial charge in [0.25, 0.3) is 5.91 Å². The molecule has 0 spiro atoms. The Morgan fingerprint density at radius 3 is 1.97 bits per heavy atom. The monoisotopic (exact) mass is 775 g/mol. The fourth-order valence-electron chi connectivity index (χ4n) is 7.18. The molecule has 1 aromatic heterocycles. The summed E-state index contributed by atoms with van der Waals surface area (Å²) in [6.07, 6.45) is 4.22. The highest BCUT2D eigenvalue weighted by Gasteiger charge is 2.29. The Balaban J connectivity index is 0.908. The highest BCUT2D eigenvalue weighted by atomic mass is 16.6. The molecule has 1 aliphatic heterocycles. The van der Waals surface area contributed by atoms with E-state index in [0.717, 1.165) is 59.1 Å². The molecular formula is C47H49N7O4. The minimum atomic E-state index is -0.412. The van der Waals surface area contributed by atoms with Gasteiger partial charge in [0, 0.05) is 73.9 Å². The second-order valence-corrected chi connectivity index (χ2v) is 14.2. The minimum absolute atomic E-state index is 0.0763. The molecule has 11 nitrogen and oxygen atoms in total. The van der Waals surface area contributed by atoms with Gasteiger partial charge in [-0.05, 0) is 48.2 Å². The van der Waals surface area contributed by atoms with E-state index in [4.69, 9.17) is 4.74 Å². The van der Waals surface area contributed by atoms with E-state index in [1.165, 1.54) is 0 Å². The Hall–Kier alpha value is -6.40. The summed E-state index contributed by atoms with van der Waals surface area (Å²) in [7, 11) is 0. The number of hydrogen-bond donors (Lipinski definition) is 4. The number of carbonyl (C=O) groups excluding carboxylic acids is 3. The third kappa shape index (κ3) is 10.5. The van der Waals surface area contributed by atoms with Gasteiger partial charge in [0.05, 0.1) is 24.5 Å². The van der Waals surface area contributed by atoms with E-state index in [0.29, 0.717) is 50.1 Å². The molecule has 7 rings (SSSR count). The van der Waals surface area contributed by atoms with Crippen LogP contribution in [0.15, 0.2) is 146 Å². The molecule has 2 heterocycles. The van der Waals surface area contributed by atoms with Crippen molar-refractivity contribution in [1.82, 2.24) is 30.8 Å². The second kappa shape index (κ2) is 20.1. The predicted molar refractivity (Wildman–Crippen MR) is 228 cm³/mol. The van der Waals surface area contributed by atoms with Crippen molar-refractivity contribution < 1.29 is 19.1 Å². The Morgan fingerprint density at radius 1 is 0.707 bits per heavy atom. The van der Waals surface area contributed by atoms with Crippen molar-refractivity contribution in [3.63, 3.8) is 0 Å². The Morgan fingerprint density at radius 2 is 1.33 bits per heavy atom. The maximum Gasteiger partial charge on any atom is 0.419 e. The quantitative estimate of drug-likeness (QED) is 0.0555. The zero-order valence-electron chi connectivity index (χ0n) is 32.5. The smallest absolute Gasteiger partial charge is 0.419 e. The van der Waals surface area contributed by atoms with E-state index in [-0.39, 0.29) is 24.3 Å². The number of H-pyrrole nitrogens is 1. The van der Waals surface area contributed by atoms with Gasteiger partial charge in [0.15, 0.2) is 5.78 Å². The molecule has 11 heteroatoms. The number of piperidine rings is 1. The number of nitrogens with zero attached hydrogens (tertiary/aromatic N) is 3. The largest absolute Gasteiger partial charge is 0.445 e. The van der Waals surface area contributed by atoms with Gasteiger partial charge in [-0.25, -0.2) is 14.7 Å². The first-order valence-electron chi connectivity index (χ1n) is 19.9. The standard InChI is InChI=1S/C47H49N7O4/c55-44(37-16-11-17-38(32-37)46(56)52-25-24-48-34-45-50-26-27-51-45)33-49-28-31-53-29-22-39(23-30-53)58-47(57)54(42-20-9-7-18-40(42)35-12-3-1-4-13-35)43-21-10-8-19-41(43)36-14-5-2-6-15-36/h1-21,26-27,32,39,48-49H,22-25,28-31,33-34H2,(H,50,51)(H,52,56). The van der Waals surface area contributed by atoms with Crippen molar-refractivity contribution in [1.29, 1.82) is 0 Å². The van der Waals surface area contributed by atoms with E-state index in [2.05, 4.69) is 55.1 Å². The van der Waals surface area contributed by atoms with Gasteiger partial charge in [-0.1, -0.05) is 109 Å². The average molecular weight is 776 g/mol. The van der Waals surface area contributed by atoms with Gasteiger partial charge in [-0.15, -0.1) is 0 Å². The second-order valence-electron chi connectivity index (χ2n) is 14.2. The number of rotatable bonds is 17. The third-order valence-corrected chi connectivity index (χ3v) is 10.2. The van der Waals surface area contributed by atoms with Gasteiger partial charge >= 0.3 is 6.09 Å². The summed E-state index contributed by atoms with van der Waals surface area (Å²) in [6.45, 7) is 4.71. The summed E-state index contributed by atoms with van der Waals surface area (Å²) in [5.41, 5.74) is 6.33. The van der Waals surface area contributed by atoms with Gasteiger partial charge in [0.1, 0.15) is 11.9 Å². The number of amides is 2. The van der Waals surface area contributed by atoms with Crippen LogP contribution in [0.4, 0.5) is 16.2 Å². The average Bonchev–Trinajstić information content (AvgIpc) is 3.80. The number of likely N-dealkylation sites (tertiary alicyclic amines) is 1. The maximum atomic E-state index is 14.4. The number of ether oxygens (including phenoxy) is 1. The Labute approximate surface area is 339 Å². The van der Waals surface area contributed by atoms with Gasteiger partial charge < -0.3 is 30.6 Å². The molecule has 296 valence electrons. The fourth-order valence-corrected chi connectivity index (χ4v) is 7.18. The maximum absolute atomic E-state index is 14.4. The molecule has 1 aliphatic rings. The third-order valence-electron chi connectivity index (χ3n) is 10.2. The molecule has 1 fully saturated rings. The molecule has 1 saturated heterocycles. The Bertz CT molecular complexity index is 2160. The summed E-state index contributed by atoms with van der Waals surface area (Å²) < 4.78 is 6.34. The first-order valence-corrected chi connectivity index (χ1v) is 19.9. The number of Topliss-reactive ketones (excluding diaryl/α,β-unsaturated/α-hetero) is 1. The van der Waals surface area contributed by atoms with E-state index >= 15 is 0 Å². The van der Waals surface area contributed by atoms with Crippen molar-refractivity contribution in [3.8, 4) is 22.3 Å². The van der Waals surface area contributed by atoms with Crippen LogP contribution in [0.1, 0.15) is 39.4 Å². The molecule has 0 atom stereocenters. The van der Waals surface area contributed by atoms with Crippen molar-refractivity contribution in [2.75, 3.05) is 50.7 Å². The molecule has 5 aromatic carbocycles. The van der Waals surface area contributed by atoms with Crippen LogP contribution in [0.5, 0.6) is 0 Å². The number of ketones is 1. The Kier molecular flexibility index (Phi) is 13.8. The van der Waals surface area contributed by atoms with Crippen LogP contribution in [-0.2, 0) is 11.3 Å². The fraction of sp³-hybridized carbons (Fsp3) is 0.234. The number of anilines is 2. The number of benzene rings is 5. The molecule has 0 bridgehead atoms. The first-order chi connectivity index (χ1) is 28.5. The van der Waals surface area contributed by atoms with E-state index < -0.39 is 6.09 Å². The van der Waals surface area contributed by atoms with E-state index in [1.807, 2.05) is 84.9 Å². The van der Waals surface area contributed by atoms with Crippen molar-refractivity contribution >= 4 is 29.2 Å². The zero-order valence-corrected chi connectivity index (χ0v) is 32.5. The predicted octanol–water partition coefficient (Wildman–Crippen LogP) is 7.47. The van der Waals surface area contributed by atoms with Gasteiger partial charge in [0.2, 0.25) is 0 Å². The SMILES string of the molecule is O=C(CNCCN1CCC(OC(=O)N(c2ccccc2-c2ccccc2)c2ccccc2-c2ccccc2)CC1)c1cccc(C(=O)NCCNCc2ncc[nH]2)c1. The van der Waals surface area contributed by atoms with Crippen molar-refractivity contribution in [3.05, 3.63) is 163 Å². The summed E-state index contributed by atoms with van der Waals surface area (Å²) >= 11 is 0. The van der Waals surface area contributed by atoms with Crippen LogP contribution < -0.4 is 20.9 Å². The lowest BCUT2D eigenvalue weighted by molar-refractivity contribution is 0.0566. The van der Waals surface area contributed by atoms with E-state index in [9.17, 15) is 14.4 Å². The lowest BCUT2D eigenvalue weighted by atomic mass is 10.00. The molecule has 4 N–H and O–H groups in total. The number of aromatic nitrogens is 2. The molecule has 0 aliphatic carbocycles. The summed E-state index contributed by atoms with van der Waals surface area (Å²) in [5.74, 6) is 0.533. The highest BCUT2D eigenvalue weighted by molar-refractivity contribution is 6.04. The number of imidazole rings is 1. The molecule has 0 unspecified atom stereocenters. The van der Waals surface area contributed by atoms with Crippen LogP contribution in [0.2, 0.25) is 0 Å².